The number of carbonyl (C=O) groups excluding carboxylic acids is 2. The molecule has 0 bridgehead atoms. The van der Waals surface area contributed by atoms with Crippen LogP contribution in [-0.4, -0.2) is 38.6 Å². The maximum atomic E-state index is 11.7. The number of aldehydes is 2. The van der Waals surface area contributed by atoms with Gasteiger partial charge in [0.1, 0.15) is 17.2 Å². The largest absolute Gasteiger partial charge is 0.507 e. The quantitative estimate of drug-likeness (QED) is 0.412. The summed E-state index contributed by atoms with van der Waals surface area (Å²) < 4.78 is 0. The minimum absolute atomic E-state index is 0.0258. The number of aliphatic hydroxyl groups is 1. The highest BCUT2D eigenvalue weighted by Gasteiger charge is 2.72. The van der Waals surface area contributed by atoms with Gasteiger partial charge < -0.3 is 20.4 Å². The van der Waals surface area contributed by atoms with Crippen molar-refractivity contribution in [3.8, 4) is 17.2 Å². The molecule has 34 heavy (non-hydrogen) atoms. The van der Waals surface area contributed by atoms with Crippen LogP contribution in [0.3, 0.4) is 0 Å². The first-order valence-electron chi connectivity index (χ1n) is 12.7. The van der Waals surface area contributed by atoms with Crippen LogP contribution in [-0.2, 0) is 0 Å². The Kier molecular flexibility index (Phi) is 5.87. The predicted molar refractivity (Wildman–Crippen MR) is 129 cm³/mol. The number of benzene rings is 1. The number of aromatic hydroxyl groups is 3. The van der Waals surface area contributed by atoms with Crippen molar-refractivity contribution >= 4 is 12.6 Å². The van der Waals surface area contributed by atoms with Crippen molar-refractivity contribution in [2.45, 2.75) is 85.2 Å². The monoisotopic (exact) mass is 472 g/mol. The number of hydrogen-bond donors (Lipinski definition) is 4. The Hall–Kier alpha value is -2.08. The van der Waals surface area contributed by atoms with Gasteiger partial charge in [-0.25, -0.2) is 0 Å². The first-order valence-corrected chi connectivity index (χ1v) is 12.7. The molecule has 0 aromatic heterocycles. The van der Waals surface area contributed by atoms with Crippen LogP contribution in [0.5, 0.6) is 17.2 Å². The lowest BCUT2D eigenvalue weighted by molar-refractivity contribution is -0.155. The second-order valence-corrected chi connectivity index (χ2v) is 12.7. The van der Waals surface area contributed by atoms with Crippen LogP contribution in [0.4, 0.5) is 0 Å². The summed E-state index contributed by atoms with van der Waals surface area (Å²) in [6, 6.07) is 0. The normalized spacial score (nSPS) is 36.9. The summed E-state index contributed by atoms with van der Waals surface area (Å²) in [5, 5.41) is 44.1. The molecular formula is C28H40O6. The fraction of sp³-hybridized carbons (Fsp3) is 0.714. The summed E-state index contributed by atoms with van der Waals surface area (Å²) in [7, 11) is 0. The number of phenols is 3. The minimum atomic E-state index is -0.800. The molecule has 0 aliphatic heterocycles. The van der Waals surface area contributed by atoms with Gasteiger partial charge in [-0.2, -0.15) is 0 Å². The third-order valence-electron chi connectivity index (χ3n) is 10.0. The molecule has 3 aliphatic rings. The van der Waals surface area contributed by atoms with Crippen LogP contribution in [0, 0.1) is 40.4 Å². The van der Waals surface area contributed by atoms with Gasteiger partial charge in [0.15, 0.2) is 12.6 Å². The lowest BCUT2D eigenvalue weighted by Gasteiger charge is -2.59. The van der Waals surface area contributed by atoms with Crippen molar-refractivity contribution in [1.29, 1.82) is 0 Å². The van der Waals surface area contributed by atoms with Crippen LogP contribution in [0.2, 0.25) is 0 Å². The van der Waals surface area contributed by atoms with Gasteiger partial charge in [0.25, 0.3) is 0 Å². The van der Waals surface area contributed by atoms with Crippen molar-refractivity contribution in [3.05, 3.63) is 16.7 Å². The van der Waals surface area contributed by atoms with E-state index in [0.29, 0.717) is 43.7 Å². The Bertz CT molecular complexity index is 974. The molecule has 0 radical (unpaired) electrons. The van der Waals surface area contributed by atoms with E-state index in [4.69, 9.17) is 0 Å². The molecule has 0 amide bonds. The lowest BCUT2D eigenvalue weighted by atomic mass is 9.47. The summed E-state index contributed by atoms with van der Waals surface area (Å²) in [5.74, 6) is -0.575. The highest BCUT2D eigenvalue weighted by Crippen LogP contribution is 2.76. The van der Waals surface area contributed by atoms with Crippen molar-refractivity contribution in [2.75, 3.05) is 0 Å². The average molecular weight is 473 g/mol. The zero-order valence-electron chi connectivity index (χ0n) is 21.3. The van der Waals surface area contributed by atoms with Gasteiger partial charge in [-0.3, -0.25) is 9.59 Å². The van der Waals surface area contributed by atoms with Gasteiger partial charge in [-0.1, -0.05) is 34.6 Å². The highest BCUT2D eigenvalue weighted by atomic mass is 16.3. The molecular weight excluding hydrogens is 432 g/mol. The molecule has 3 fully saturated rings. The molecule has 3 saturated carbocycles. The lowest BCUT2D eigenvalue weighted by Crippen LogP contribution is -2.56. The van der Waals surface area contributed by atoms with Gasteiger partial charge in [0, 0.05) is 5.56 Å². The maximum Gasteiger partial charge on any atom is 0.157 e. The summed E-state index contributed by atoms with van der Waals surface area (Å²) >= 11 is 0. The summed E-state index contributed by atoms with van der Waals surface area (Å²) in [4.78, 5) is 23.5. The number of fused-ring (bicyclic) bond motifs is 3. The first-order chi connectivity index (χ1) is 15.7. The van der Waals surface area contributed by atoms with Crippen LogP contribution < -0.4 is 0 Å². The Morgan fingerprint density at radius 3 is 1.97 bits per heavy atom. The van der Waals surface area contributed by atoms with Gasteiger partial charge in [-0.05, 0) is 85.4 Å². The molecule has 6 nitrogen and oxygen atoms in total. The fourth-order valence-corrected chi connectivity index (χ4v) is 8.48. The first kappa shape index (κ1) is 25.0. The molecule has 0 spiro atoms. The second-order valence-electron chi connectivity index (χ2n) is 12.7. The molecule has 4 N–H and O–H groups in total. The van der Waals surface area contributed by atoms with E-state index in [1.165, 1.54) is 0 Å². The molecule has 1 aromatic carbocycles. The van der Waals surface area contributed by atoms with E-state index in [1.54, 1.807) is 0 Å². The third kappa shape index (κ3) is 3.39. The molecule has 7 atom stereocenters. The van der Waals surface area contributed by atoms with Gasteiger partial charge in [0.2, 0.25) is 0 Å². The zero-order chi connectivity index (χ0) is 25.4. The smallest absolute Gasteiger partial charge is 0.157 e. The molecule has 0 heterocycles. The molecule has 4 rings (SSSR count). The highest BCUT2D eigenvalue weighted by molar-refractivity contribution is 5.95. The number of hydrogen-bond acceptors (Lipinski definition) is 6. The van der Waals surface area contributed by atoms with E-state index in [-0.39, 0.29) is 51.2 Å². The standard InChI is InChI=1S/C28H40O6/c1-14(2)11-15(20-23(32)16(12-29)22(31)17(13-30)24(20)33)18-8-10-28(6,34)25-21-19(26(21,3)4)7-9-27(18,25)5/h12-15,18-19,21,25,31-34H,7-11H2,1-6H3/t15-,18+,19-,21-,25-,27+,28-/m1/s1. The Morgan fingerprint density at radius 2 is 1.47 bits per heavy atom. The minimum Gasteiger partial charge on any atom is -0.507 e. The van der Waals surface area contributed by atoms with E-state index in [9.17, 15) is 30.0 Å². The molecule has 6 heteroatoms. The maximum absolute atomic E-state index is 11.7. The van der Waals surface area contributed by atoms with Crippen LogP contribution in [0.1, 0.15) is 106 Å². The number of phenolic OH excluding ortho intramolecular Hbond substituents is 3. The van der Waals surface area contributed by atoms with Crippen LogP contribution in [0.25, 0.3) is 0 Å². The van der Waals surface area contributed by atoms with Crippen molar-refractivity contribution in [2.24, 2.45) is 40.4 Å². The SMILES string of the molecule is CC(C)C[C@@H](c1c(O)c(C=O)c(O)c(C=O)c1O)[C@@H]1CC[C@@](C)(O)[C@@H]2[C@H]3[C@@H](CC[C@]21C)C3(C)C. The molecule has 188 valence electrons. The molecule has 1 aromatic rings. The van der Waals surface area contributed by atoms with E-state index in [1.807, 2.05) is 6.92 Å². The topological polar surface area (TPSA) is 115 Å². The predicted octanol–water partition coefficient (Wildman–Crippen LogP) is 5.41. The van der Waals surface area contributed by atoms with E-state index in [2.05, 4.69) is 34.6 Å². The third-order valence-corrected chi connectivity index (χ3v) is 10.0. The zero-order valence-corrected chi connectivity index (χ0v) is 21.3. The fourth-order valence-electron chi connectivity index (χ4n) is 8.48. The summed E-state index contributed by atoms with van der Waals surface area (Å²) in [6.07, 6.45) is 4.66. The molecule has 0 saturated heterocycles. The van der Waals surface area contributed by atoms with Crippen molar-refractivity contribution in [1.82, 2.24) is 0 Å². The van der Waals surface area contributed by atoms with Crippen LogP contribution in [0.15, 0.2) is 0 Å². The van der Waals surface area contributed by atoms with Crippen molar-refractivity contribution in [3.63, 3.8) is 0 Å². The number of carbonyl (C=O) groups is 2. The Morgan fingerprint density at radius 1 is 0.912 bits per heavy atom. The Labute approximate surface area is 202 Å². The Balaban J connectivity index is 1.90. The van der Waals surface area contributed by atoms with E-state index >= 15 is 0 Å². The summed E-state index contributed by atoms with van der Waals surface area (Å²) in [6.45, 7) is 13.0. The molecule has 3 aliphatic carbocycles. The van der Waals surface area contributed by atoms with Gasteiger partial charge in [-0.15, -0.1) is 0 Å². The van der Waals surface area contributed by atoms with E-state index in [0.717, 1.165) is 12.8 Å². The summed E-state index contributed by atoms with van der Waals surface area (Å²) in [5.41, 5.74) is -1.40. The second kappa shape index (κ2) is 7.97. The van der Waals surface area contributed by atoms with Gasteiger partial charge >= 0.3 is 0 Å². The number of rotatable bonds is 6. The van der Waals surface area contributed by atoms with Crippen molar-refractivity contribution < 1.29 is 30.0 Å². The van der Waals surface area contributed by atoms with Gasteiger partial charge in [0.05, 0.1) is 16.7 Å². The van der Waals surface area contributed by atoms with E-state index < -0.39 is 22.8 Å². The average Bonchev–Trinajstić information content (AvgIpc) is 3.27. The molecule has 0 unspecified atom stereocenters. The van der Waals surface area contributed by atoms with Crippen LogP contribution >= 0.6 is 0 Å².